The Hall–Kier alpha value is -2.78. The minimum absolute atomic E-state index is 0.100. The predicted octanol–water partition coefficient (Wildman–Crippen LogP) is -0.297. The third-order valence-corrected chi connectivity index (χ3v) is 8.33. The number of nitrogen functional groups attached to an aromatic ring is 1. The molecule has 1 amide bonds. The number of carbonyl (C=O) groups excluding carboxylic acids is 1. The molecule has 1 saturated heterocycles. The van der Waals surface area contributed by atoms with Crippen molar-refractivity contribution in [1.29, 1.82) is 0 Å². The van der Waals surface area contributed by atoms with Crippen molar-refractivity contribution in [2.75, 3.05) is 12.3 Å². The second-order valence-corrected chi connectivity index (χ2v) is 10.5. The van der Waals surface area contributed by atoms with E-state index in [4.69, 9.17) is 10.5 Å². The lowest BCUT2D eigenvalue weighted by Crippen LogP contribution is -2.56. The fourth-order valence-electron chi connectivity index (χ4n) is 6.82. The Morgan fingerprint density at radius 1 is 1.20 bits per heavy atom. The molecule has 0 spiro atoms. The van der Waals surface area contributed by atoms with Crippen molar-refractivity contribution in [1.82, 2.24) is 24.8 Å². The predicted molar refractivity (Wildman–Crippen MR) is 123 cm³/mol. The number of anilines is 1. The molecular formula is C24H30N6O5. The number of nitrogens with two attached hydrogens (primary N) is 1. The number of nitrogens with one attached hydrogen (secondary N) is 1. The minimum Gasteiger partial charge on any atom is -0.387 e. The molecule has 1 unspecified atom stereocenters. The zero-order valence-electron chi connectivity index (χ0n) is 19.5. The topological polar surface area (TPSA) is 169 Å². The van der Waals surface area contributed by atoms with Crippen LogP contribution in [0, 0.1) is 35.5 Å². The van der Waals surface area contributed by atoms with E-state index in [-0.39, 0.29) is 34.6 Å². The summed E-state index contributed by atoms with van der Waals surface area (Å²) in [5.74, 6) is 7.53. The van der Waals surface area contributed by atoms with Crippen LogP contribution in [0.2, 0.25) is 0 Å². The van der Waals surface area contributed by atoms with Crippen LogP contribution in [0.4, 0.5) is 5.82 Å². The summed E-state index contributed by atoms with van der Waals surface area (Å²) in [6.45, 7) is 2.11. The first-order valence-corrected chi connectivity index (χ1v) is 12.3. The van der Waals surface area contributed by atoms with Crippen LogP contribution in [-0.2, 0) is 9.53 Å². The molecule has 4 saturated carbocycles. The lowest BCUT2D eigenvalue weighted by atomic mass is 9.50. The highest BCUT2D eigenvalue weighted by Crippen LogP contribution is 2.58. The summed E-state index contributed by atoms with van der Waals surface area (Å²) in [4.78, 5) is 25.2. The second kappa shape index (κ2) is 8.13. The van der Waals surface area contributed by atoms with Crippen LogP contribution in [0.25, 0.3) is 11.2 Å². The number of ether oxygens (including phenoxy) is 1. The number of rotatable bonds is 3. The Labute approximate surface area is 202 Å². The second-order valence-electron chi connectivity index (χ2n) is 10.5. The van der Waals surface area contributed by atoms with Crippen molar-refractivity contribution in [2.45, 2.75) is 69.2 Å². The summed E-state index contributed by atoms with van der Waals surface area (Å²) in [5, 5.41) is 35.1. The van der Waals surface area contributed by atoms with E-state index in [0.717, 1.165) is 25.7 Å². The van der Waals surface area contributed by atoms with Gasteiger partial charge in [0.25, 0.3) is 5.91 Å². The number of fused-ring (bicyclic) bond motifs is 1. The molecule has 11 nitrogen and oxygen atoms in total. The normalized spacial score (nSPS) is 39.5. The van der Waals surface area contributed by atoms with E-state index in [1.54, 1.807) is 6.92 Å². The van der Waals surface area contributed by atoms with Gasteiger partial charge in [-0.2, -0.15) is 0 Å². The van der Waals surface area contributed by atoms with Gasteiger partial charge in [-0.05, 0) is 68.6 Å². The number of nitrogens with zero attached hydrogens (tertiary/aromatic N) is 4. The lowest BCUT2D eigenvalue weighted by molar-refractivity contribution is -0.137. The molecule has 186 valence electrons. The van der Waals surface area contributed by atoms with Crippen molar-refractivity contribution in [2.24, 2.45) is 23.7 Å². The fraction of sp³-hybridized carbons (Fsp3) is 0.667. The monoisotopic (exact) mass is 482 g/mol. The molecule has 35 heavy (non-hydrogen) atoms. The number of hydrogen-bond acceptors (Lipinski definition) is 9. The molecule has 7 rings (SSSR count). The molecular weight excluding hydrogens is 452 g/mol. The Balaban J connectivity index is 1.32. The van der Waals surface area contributed by atoms with E-state index in [0.29, 0.717) is 18.4 Å². The van der Waals surface area contributed by atoms with Gasteiger partial charge in [0, 0.05) is 6.54 Å². The summed E-state index contributed by atoms with van der Waals surface area (Å²) in [6.07, 6.45) is 1.55. The number of carbonyl (C=O) groups is 1. The first-order valence-electron chi connectivity index (χ1n) is 12.3. The van der Waals surface area contributed by atoms with Gasteiger partial charge < -0.3 is 31.1 Å². The summed E-state index contributed by atoms with van der Waals surface area (Å²) in [6, 6.07) is 0. The summed E-state index contributed by atoms with van der Waals surface area (Å²) in [5.41, 5.74) is 5.63. The Bertz CT molecular complexity index is 1210. The first kappa shape index (κ1) is 22.7. The largest absolute Gasteiger partial charge is 0.387 e. The number of hydrogen-bond donors (Lipinski definition) is 5. The van der Waals surface area contributed by atoms with Gasteiger partial charge in [-0.25, -0.2) is 15.0 Å². The number of aromatic nitrogens is 4. The maximum Gasteiger partial charge on any atom is 0.252 e. The lowest BCUT2D eigenvalue weighted by Gasteiger charge is -2.56. The van der Waals surface area contributed by atoms with Crippen LogP contribution in [-0.4, -0.2) is 71.2 Å². The number of amides is 1. The van der Waals surface area contributed by atoms with Gasteiger partial charge in [0.1, 0.15) is 23.3 Å². The minimum atomic E-state index is -1.42. The molecule has 0 aromatic carbocycles. The van der Waals surface area contributed by atoms with Crippen LogP contribution in [0.15, 0.2) is 6.33 Å². The average molecular weight is 483 g/mol. The van der Waals surface area contributed by atoms with E-state index in [9.17, 15) is 20.1 Å². The van der Waals surface area contributed by atoms with E-state index >= 15 is 0 Å². The molecule has 4 atom stereocenters. The van der Waals surface area contributed by atoms with E-state index in [1.165, 1.54) is 17.3 Å². The molecule has 2 aromatic heterocycles. The number of aliphatic hydroxyl groups is 3. The Kier molecular flexibility index (Phi) is 5.27. The van der Waals surface area contributed by atoms with Crippen LogP contribution in [0.1, 0.15) is 51.1 Å². The zero-order valence-corrected chi connectivity index (χ0v) is 19.5. The van der Waals surface area contributed by atoms with Gasteiger partial charge in [-0.3, -0.25) is 9.36 Å². The molecule has 0 radical (unpaired) electrons. The van der Waals surface area contributed by atoms with Crippen LogP contribution >= 0.6 is 0 Å². The smallest absolute Gasteiger partial charge is 0.252 e. The van der Waals surface area contributed by atoms with Crippen LogP contribution < -0.4 is 11.1 Å². The molecule has 5 aliphatic rings. The highest BCUT2D eigenvalue weighted by molar-refractivity contribution is 5.83. The molecule has 1 aliphatic heterocycles. The van der Waals surface area contributed by atoms with E-state index in [2.05, 4.69) is 32.1 Å². The molecule has 4 bridgehead atoms. The zero-order chi connectivity index (χ0) is 24.5. The highest BCUT2D eigenvalue weighted by atomic mass is 16.6. The highest BCUT2D eigenvalue weighted by Gasteiger charge is 2.56. The quantitative estimate of drug-likeness (QED) is 0.369. The standard InChI is InChI=1S/C24H30N6O5/c1-2-26-22(33)19-17(31)18(32)23(35-19)30-10-27-16-20(25)28-15(29-21(16)30)3-4-24(34)13-6-11-5-12(8-13)9-14(24)7-11/h10-14,17-19,23,31-32,34H,2,5-9H2,1H3,(H,26,33)(H2,25,28,29)/t11?,12?,13?,14?,17?,18-,19-,23+,24?/m0/s1. The van der Waals surface area contributed by atoms with Gasteiger partial charge in [-0.1, -0.05) is 5.92 Å². The van der Waals surface area contributed by atoms with Crippen LogP contribution in [0.3, 0.4) is 0 Å². The molecule has 6 N–H and O–H groups in total. The average Bonchev–Trinajstić information content (AvgIpc) is 3.37. The molecule has 11 heteroatoms. The third-order valence-electron chi connectivity index (χ3n) is 8.33. The molecule has 4 aliphatic carbocycles. The van der Waals surface area contributed by atoms with Crippen molar-refractivity contribution < 1.29 is 24.9 Å². The number of aliphatic hydroxyl groups excluding tert-OH is 2. The molecule has 3 heterocycles. The van der Waals surface area contributed by atoms with Crippen molar-refractivity contribution in [3.05, 3.63) is 12.2 Å². The van der Waals surface area contributed by atoms with Crippen molar-refractivity contribution in [3.63, 3.8) is 0 Å². The van der Waals surface area contributed by atoms with Crippen LogP contribution in [0.5, 0.6) is 0 Å². The van der Waals surface area contributed by atoms with Gasteiger partial charge >= 0.3 is 0 Å². The first-order chi connectivity index (χ1) is 16.8. The maximum atomic E-state index is 12.2. The SMILES string of the molecule is CCNC(=O)[C@H]1O[C@@H](n2cnc3c(N)nc(C#CC4(O)C5CC6CC(C5)CC4C6)nc32)[C@@H](O)C1O. The number of imidazole rings is 1. The summed E-state index contributed by atoms with van der Waals surface area (Å²) >= 11 is 0. The van der Waals surface area contributed by atoms with E-state index in [1.807, 2.05) is 0 Å². The van der Waals surface area contributed by atoms with Gasteiger partial charge in [0.2, 0.25) is 5.82 Å². The Morgan fingerprint density at radius 2 is 1.89 bits per heavy atom. The van der Waals surface area contributed by atoms with Gasteiger partial charge in [0.05, 0.1) is 6.33 Å². The summed E-state index contributed by atoms with van der Waals surface area (Å²) < 4.78 is 7.12. The maximum absolute atomic E-state index is 12.2. The fourth-order valence-corrected chi connectivity index (χ4v) is 6.82. The molecule has 2 aromatic rings. The van der Waals surface area contributed by atoms with Gasteiger partial charge in [0.15, 0.2) is 23.8 Å². The Morgan fingerprint density at radius 3 is 2.54 bits per heavy atom. The summed E-state index contributed by atoms with van der Waals surface area (Å²) in [7, 11) is 0. The molecule has 5 fully saturated rings. The van der Waals surface area contributed by atoms with Crippen molar-refractivity contribution in [3.8, 4) is 11.8 Å². The van der Waals surface area contributed by atoms with E-state index < -0.39 is 36.0 Å². The van der Waals surface area contributed by atoms with Gasteiger partial charge in [-0.15, -0.1) is 0 Å². The number of likely N-dealkylation sites (N-methyl/N-ethyl adjacent to an activating group) is 1. The third kappa shape index (κ3) is 3.50. The van der Waals surface area contributed by atoms with Crippen molar-refractivity contribution >= 4 is 22.9 Å².